The molecule has 2 amide bonds. The van der Waals surface area contributed by atoms with Crippen molar-refractivity contribution in [2.24, 2.45) is 5.84 Å². The Morgan fingerprint density at radius 3 is 2.17 bits per heavy atom. The number of carbonyl (C=O) groups excluding carboxylic acids is 1. The number of carbonyl (C=O) groups is 1. The van der Waals surface area contributed by atoms with Crippen molar-refractivity contribution in [2.75, 3.05) is 0 Å². The Labute approximate surface area is 66.3 Å². The van der Waals surface area contributed by atoms with Crippen LogP contribution in [-0.4, -0.2) is 17.7 Å². The molecular weight excluding hydrogens is 175 g/mol. The van der Waals surface area contributed by atoms with Gasteiger partial charge in [0.25, 0.3) is 0 Å². The molecule has 1 fully saturated rings. The largest absolute Gasteiger partial charge is 0.411 e. The first-order chi connectivity index (χ1) is 5.41. The second-order valence-corrected chi connectivity index (χ2v) is 2.68. The predicted molar refractivity (Wildman–Crippen MR) is 33.9 cm³/mol. The molecule has 0 spiro atoms. The standard InChI is InChI=1S/C5H8F3N3O/c6-5(7,8)4(1-2-4)10-3(12)11-9/h1-2,9H2,(H2,10,11,12). The number of hydrogen-bond acceptors (Lipinski definition) is 2. The first-order valence-electron chi connectivity index (χ1n) is 3.27. The molecule has 1 rings (SSSR count). The number of hydrogen-bond donors (Lipinski definition) is 3. The average Bonchev–Trinajstić information content (AvgIpc) is 2.67. The number of halogens is 3. The first-order valence-corrected chi connectivity index (χ1v) is 3.27. The molecule has 0 aromatic carbocycles. The van der Waals surface area contributed by atoms with Gasteiger partial charge in [0.05, 0.1) is 0 Å². The maximum absolute atomic E-state index is 12.1. The van der Waals surface area contributed by atoms with E-state index in [9.17, 15) is 18.0 Å². The Morgan fingerprint density at radius 1 is 1.42 bits per heavy atom. The molecule has 0 saturated heterocycles. The van der Waals surface area contributed by atoms with Gasteiger partial charge in [-0.15, -0.1) is 0 Å². The lowest BCUT2D eigenvalue weighted by atomic mass is 10.3. The van der Waals surface area contributed by atoms with Gasteiger partial charge < -0.3 is 5.32 Å². The number of alkyl halides is 3. The predicted octanol–water partition coefficient (Wildman–Crippen LogP) is 0.254. The summed E-state index contributed by atoms with van der Waals surface area (Å²) in [4.78, 5) is 10.5. The Bertz CT molecular complexity index is 199. The van der Waals surface area contributed by atoms with Crippen LogP contribution in [0.25, 0.3) is 0 Å². The monoisotopic (exact) mass is 183 g/mol. The van der Waals surface area contributed by atoms with Gasteiger partial charge in [0.1, 0.15) is 5.54 Å². The molecule has 70 valence electrons. The molecule has 4 nitrogen and oxygen atoms in total. The van der Waals surface area contributed by atoms with E-state index >= 15 is 0 Å². The minimum atomic E-state index is -4.39. The summed E-state index contributed by atoms with van der Waals surface area (Å²) in [6.45, 7) is 0. The van der Waals surface area contributed by atoms with Crippen molar-refractivity contribution >= 4 is 6.03 Å². The molecule has 1 aliphatic rings. The van der Waals surface area contributed by atoms with Crippen molar-refractivity contribution in [1.82, 2.24) is 10.7 Å². The highest BCUT2D eigenvalue weighted by Gasteiger charge is 2.64. The molecule has 0 unspecified atom stereocenters. The van der Waals surface area contributed by atoms with Gasteiger partial charge in [0.2, 0.25) is 0 Å². The van der Waals surface area contributed by atoms with E-state index in [1.807, 2.05) is 0 Å². The SMILES string of the molecule is NNC(=O)NC1(C(F)(F)F)CC1. The van der Waals surface area contributed by atoms with Crippen molar-refractivity contribution in [2.45, 2.75) is 24.6 Å². The molecule has 4 N–H and O–H groups in total. The second-order valence-electron chi connectivity index (χ2n) is 2.68. The Hall–Kier alpha value is -0.980. The van der Waals surface area contributed by atoms with E-state index in [2.05, 4.69) is 5.84 Å². The third-order valence-corrected chi connectivity index (χ3v) is 1.78. The summed E-state index contributed by atoms with van der Waals surface area (Å²) < 4.78 is 36.3. The van der Waals surface area contributed by atoms with Crippen molar-refractivity contribution in [3.8, 4) is 0 Å². The van der Waals surface area contributed by atoms with E-state index in [4.69, 9.17) is 0 Å². The zero-order valence-electron chi connectivity index (χ0n) is 6.03. The molecule has 0 heterocycles. The lowest BCUT2D eigenvalue weighted by Gasteiger charge is -2.19. The number of nitrogens with one attached hydrogen (secondary N) is 2. The molecule has 0 bridgehead atoms. The van der Waals surface area contributed by atoms with Crippen LogP contribution in [-0.2, 0) is 0 Å². The number of urea groups is 1. The average molecular weight is 183 g/mol. The van der Waals surface area contributed by atoms with E-state index in [0.29, 0.717) is 0 Å². The van der Waals surface area contributed by atoms with Gasteiger partial charge in [-0.25, -0.2) is 10.6 Å². The van der Waals surface area contributed by atoms with Gasteiger partial charge in [-0.05, 0) is 12.8 Å². The molecule has 0 atom stereocenters. The van der Waals surface area contributed by atoms with Gasteiger partial charge in [0, 0.05) is 0 Å². The summed E-state index contributed by atoms with van der Waals surface area (Å²) in [6.07, 6.45) is -4.55. The minimum Gasteiger partial charge on any atom is -0.323 e. The highest BCUT2D eigenvalue weighted by molar-refractivity contribution is 5.74. The molecule has 1 aliphatic carbocycles. The lowest BCUT2D eigenvalue weighted by Crippen LogP contribution is -2.52. The van der Waals surface area contributed by atoms with E-state index in [-0.39, 0.29) is 12.8 Å². The normalized spacial score (nSPS) is 20.0. The van der Waals surface area contributed by atoms with Crippen LogP contribution in [0.1, 0.15) is 12.8 Å². The van der Waals surface area contributed by atoms with Crippen molar-refractivity contribution in [3.63, 3.8) is 0 Å². The maximum Gasteiger partial charge on any atom is 0.411 e. The van der Waals surface area contributed by atoms with Crippen molar-refractivity contribution in [1.29, 1.82) is 0 Å². The fourth-order valence-electron chi connectivity index (χ4n) is 0.858. The summed E-state index contributed by atoms with van der Waals surface area (Å²) in [6, 6.07) is -1.01. The highest BCUT2D eigenvalue weighted by Crippen LogP contribution is 2.48. The van der Waals surface area contributed by atoms with Gasteiger partial charge in [0.15, 0.2) is 0 Å². The quantitative estimate of drug-likeness (QED) is 0.310. The minimum absolute atomic E-state index is 0.0794. The lowest BCUT2D eigenvalue weighted by molar-refractivity contribution is -0.162. The molecule has 0 aromatic rings. The third-order valence-electron chi connectivity index (χ3n) is 1.78. The van der Waals surface area contributed by atoms with Crippen LogP contribution in [0, 0.1) is 0 Å². The van der Waals surface area contributed by atoms with Crippen LogP contribution in [0.3, 0.4) is 0 Å². The second kappa shape index (κ2) is 2.51. The summed E-state index contributed by atoms with van der Waals surface area (Å²) >= 11 is 0. The third kappa shape index (κ3) is 1.45. The van der Waals surface area contributed by atoms with Crippen molar-refractivity contribution < 1.29 is 18.0 Å². The molecule has 7 heteroatoms. The molecule has 0 aromatic heterocycles. The van der Waals surface area contributed by atoms with Crippen LogP contribution < -0.4 is 16.6 Å². The molecular formula is C5H8F3N3O. The smallest absolute Gasteiger partial charge is 0.323 e. The first kappa shape index (κ1) is 9.11. The van der Waals surface area contributed by atoms with Crippen LogP contribution in [0.15, 0.2) is 0 Å². The Morgan fingerprint density at radius 2 is 1.92 bits per heavy atom. The highest BCUT2D eigenvalue weighted by atomic mass is 19.4. The fourth-order valence-corrected chi connectivity index (χ4v) is 0.858. The zero-order chi connectivity index (χ0) is 9.41. The number of hydrazine groups is 1. The van der Waals surface area contributed by atoms with Crippen LogP contribution >= 0.6 is 0 Å². The van der Waals surface area contributed by atoms with Crippen LogP contribution in [0.5, 0.6) is 0 Å². The van der Waals surface area contributed by atoms with Crippen LogP contribution in [0.2, 0.25) is 0 Å². The fraction of sp³-hybridized carbons (Fsp3) is 0.800. The number of amides is 2. The van der Waals surface area contributed by atoms with Gasteiger partial charge in [-0.1, -0.05) is 0 Å². The molecule has 0 radical (unpaired) electrons. The topological polar surface area (TPSA) is 67.1 Å². The van der Waals surface area contributed by atoms with Gasteiger partial charge in [-0.2, -0.15) is 13.2 Å². The maximum atomic E-state index is 12.1. The van der Waals surface area contributed by atoms with Gasteiger partial charge >= 0.3 is 12.2 Å². The summed E-state index contributed by atoms with van der Waals surface area (Å²) in [5.41, 5.74) is -0.448. The van der Waals surface area contributed by atoms with Gasteiger partial charge in [-0.3, -0.25) is 5.43 Å². The number of nitrogens with two attached hydrogens (primary N) is 1. The molecule has 0 aliphatic heterocycles. The molecule has 1 saturated carbocycles. The summed E-state index contributed by atoms with van der Waals surface area (Å²) in [5, 5.41) is 1.76. The Balaban J connectivity index is 2.56. The summed E-state index contributed by atoms with van der Waals surface area (Å²) in [5.74, 6) is 4.62. The van der Waals surface area contributed by atoms with Crippen LogP contribution in [0.4, 0.5) is 18.0 Å². The summed E-state index contributed by atoms with van der Waals surface area (Å²) in [7, 11) is 0. The van der Waals surface area contributed by atoms with E-state index in [0.717, 1.165) is 0 Å². The van der Waals surface area contributed by atoms with E-state index in [1.165, 1.54) is 0 Å². The van der Waals surface area contributed by atoms with E-state index < -0.39 is 17.7 Å². The molecule has 12 heavy (non-hydrogen) atoms. The zero-order valence-corrected chi connectivity index (χ0v) is 6.03. The Kier molecular flexibility index (Phi) is 1.91. The number of rotatable bonds is 1. The van der Waals surface area contributed by atoms with E-state index in [1.54, 1.807) is 10.7 Å². The van der Waals surface area contributed by atoms with Crippen molar-refractivity contribution in [3.05, 3.63) is 0 Å².